The van der Waals surface area contributed by atoms with Gasteiger partial charge >= 0.3 is 0 Å². The molecule has 3 nitrogen and oxygen atoms in total. The van der Waals surface area contributed by atoms with Gasteiger partial charge < -0.3 is 9.55 Å². The van der Waals surface area contributed by atoms with Crippen molar-refractivity contribution in [1.29, 1.82) is 0 Å². The van der Waals surface area contributed by atoms with Crippen molar-refractivity contribution in [2.75, 3.05) is 0 Å². The molecule has 0 saturated heterocycles. The number of fused-ring (bicyclic) bond motifs is 1. The first-order chi connectivity index (χ1) is 8.88. The van der Waals surface area contributed by atoms with Gasteiger partial charge in [-0.1, -0.05) is 25.1 Å². The quantitative estimate of drug-likeness (QED) is 0.745. The van der Waals surface area contributed by atoms with E-state index < -0.39 is 0 Å². The lowest BCUT2D eigenvalue weighted by Crippen LogP contribution is -2.03. The van der Waals surface area contributed by atoms with Gasteiger partial charge in [0.1, 0.15) is 0 Å². The normalized spacial score (nSPS) is 11.2. The third-order valence-electron chi connectivity index (χ3n) is 3.46. The second kappa shape index (κ2) is 4.69. The predicted molar refractivity (Wildman–Crippen MR) is 73.6 cm³/mol. The Balaban J connectivity index is 1.81. The molecule has 0 fully saturated rings. The van der Waals surface area contributed by atoms with Crippen LogP contribution in [0.2, 0.25) is 0 Å². The molecule has 0 spiro atoms. The van der Waals surface area contributed by atoms with Gasteiger partial charge in [0.05, 0.1) is 6.33 Å². The Morgan fingerprint density at radius 1 is 1.28 bits per heavy atom. The number of H-pyrrole nitrogens is 1. The van der Waals surface area contributed by atoms with E-state index in [0.717, 1.165) is 19.4 Å². The van der Waals surface area contributed by atoms with Gasteiger partial charge in [-0.3, -0.25) is 0 Å². The van der Waals surface area contributed by atoms with Crippen molar-refractivity contribution in [2.24, 2.45) is 0 Å². The highest BCUT2D eigenvalue weighted by Crippen LogP contribution is 2.18. The van der Waals surface area contributed by atoms with Crippen LogP contribution in [-0.4, -0.2) is 14.5 Å². The van der Waals surface area contributed by atoms with E-state index in [9.17, 15) is 0 Å². The molecule has 0 aliphatic carbocycles. The second-order valence-corrected chi connectivity index (χ2v) is 4.54. The SMILES string of the molecule is CCc1cncn1CCc1c[nH]c2ccccc12. The van der Waals surface area contributed by atoms with Gasteiger partial charge in [-0.2, -0.15) is 0 Å². The lowest BCUT2D eigenvalue weighted by molar-refractivity contribution is 0.666. The molecule has 0 saturated carbocycles. The molecule has 0 aliphatic heterocycles. The molecule has 2 heterocycles. The third kappa shape index (κ3) is 1.92. The molecule has 0 atom stereocenters. The van der Waals surface area contributed by atoms with E-state index in [-0.39, 0.29) is 0 Å². The van der Waals surface area contributed by atoms with Gasteiger partial charge in [0.25, 0.3) is 0 Å². The molecular weight excluding hydrogens is 222 g/mol. The zero-order valence-corrected chi connectivity index (χ0v) is 10.6. The highest BCUT2D eigenvalue weighted by atomic mass is 15.0. The highest BCUT2D eigenvalue weighted by Gasteiger charge is 2.04. The Kier molecular flexibility index (Phi) is 2.89. The van der Waals surface area contributed by atoms with Gasteiger partial charge in [-0.25, -0.2) is 4.98 Å². The number of hydrogen-bond donors (Lipinski definition) is 1. The zero-order valence-electron chi connectivity index (χ0n) is 10.6. The molecule has 92 valence electrons. The number of aromatic amines is 1. The number of aromatic nitrogens is 3. The molecule has 0 radical (unpaired) electrons. The van der Waals surface area contributed by atoms with Gasteiger partial charge in [0, 0.05) is 35.5 Å². The third-order valence-corrected chi connectivity index (χ3v) is 3.46. The summed E-state index contributed by atoms with van der Waals surface area (Å²) in [5.74, 6) is 0. The van der Waals surface area contributed by atoms with Crippen LogP contribution < -0.4 is 0 Å². The van der Waals surface area contributed by atoms with Crippen LogP contribution in [-0.2, 0) is 19.4 Å². The minimum Gasteiger partial charge on any atom is -0.361 e. The first-order valence-electron chi connectivity index (χ1n) is 6.42. The Bertz CT molecular complexity index is 648. The number of nitrogens with one attached hydrogen (secondary N) is 1. The van der Waals surface area contributed by atoms with Crippen molar-refractivity contribution in [1.82, 2.24) is 14.5 Å². The minimum atomic E-state index is 0.991. The maximum Gasteiger partial charge on any atom is 0.0948 e. The zero-order chi connectivity index (χ0) is 12.4. The smallest absolute Gasteiger partial charge is 0.0948 e. The van der Waals surface area contributed by atoms with Gasteiger partial charge in [-0.15, -0.1) is 0 Å². The summed E-state index contributed by atoms with van der Waals surface area (Å²) >= 11 is 0. The van der Waals surface area contributed by atoms with Crippen molar-refractivity contribution in [2.45, 2.75) is 26.3 Å². The second-order valence-electron chi connectivity index (χ2n) is 4.54. The molecule has 3 aromatic rings. The number of rotatable bonds is 4. The van der Waals surface area contributed by atoms with Crippen LogP contribution in [0.15, 0.2) is 43.0 Å². The van der Waals surface area contributed by atoms with E-state index in [0.29, 0.717) is 0 Å². The summed E-state index contributed by atoms with van der Waals surface area (Å²) in [5, 5.41) is 1.33. The molecule has 0 amide bonds. The number of hydrogen-bond acceptors (Lipinski definition) is 1. The van der Waals surface area contributed by atoms with Crippen LogP contribution in [0.3, 0.4) is 0 Å². The van der Waals surface area contributed by atoms with Gasteiger partial charge in [-0.05, 0) is 24.5 Å². The number of benzene rings is 1. The predicted octanol–water partition coefficient (Wildman–Crippen LogP) is 3.17. The molecule has 1 N–H and O–H groups in total. The molecule has 0 aliphatic rings. The van der Waals surface area contributed by atoms with Gasteiger partial charge in [0.15, 0.2) is 0 Å². The van der Waals surface area contributed by atoms with E-state index >= 15 is 0 Å². The maximum absolute atomic E-state index is 4.21. The topological polar surface area (TPSA) is 33.6 Å². The average Bonchev–Trinajstić information content (AvgIpc) is 3.02. The van der Waals surface area contributed by atoms with Crippen LogP contribution in [0.5, 0.6) is 0 Å². The van der Waals surface area contributed by atoms with E-state index in [1.54, 1.807) is 0 Å². The Hall–Kier alpha value is -2.03. The molecule has 18 heavy (non-hydrogen) atoms. The Morgan fingerprint density at radius 2 is 2.17 bits per heavy atom. The van der Waals surface area contributed by atoms with Crippen LogP contribution >= 0.6 is 0 Å². The fraction of sp³-hybridized carbons (Fsp3) is 0.267. The monoisotopic (exact) mass is 239 g/mol. The molecule has 3 heteroatoms. The van der Waals surface area contributed by atoms with Crippen molar-refractivity contribution in [3.05, 3.63) is 54.2 Å². The summed E-state index contributed by atoms with van der Waals surface area (Å²) in [6.07, 6.45) is 8.07. The summed E-state index contributed by atoms with van der Waals surface area (Å²) in [6, 6.07) is 8.45. The number of aryl methyl sites for hydroxylation is 3. The molecule has 2 aromatic heterocycles. The largest absolute Gasteiger partial charge is 0.361 e. The molecular formula is C15H17N3. The van der Waals surface area contributed by atoms with Crippen molar-refractivity contribution in [3.8, 4) is 0 Å². The van der Waals surface area contributed by atoms with Crippen LogP contribution in [0.1, 0.15) is 18.2 Å². The fourth-order valence-electron chi connectivity index (χ4n) is 2.42. The minimum absolute atomic E-state index is 0.991. The van der Waals surface area contributed by atoms with E-state index in [4.69, 9.17) is 0 Å². The Labute approximate surface area is 106 Å². The first kappa shape index (κ1) is 11.1. The lowest BCUT2D eigenvalue weighted by atomic mass is 10.1. The Morgan fingerprint density at radius 3 is 3.06 bits per heavy atom. The van der Waals surface area contributed by atoms with Crippen molar-refractivity contribution >= 4 is 10.9 Å². The molecule has 0 unspecified atom stereocenters. The van der Waals surface area contributed by atoms with Crippen LogP contribution in [0.4, 0.5) is 0 Å². The van der Waals surface area contributed by atoms with Crippen LogP contribution in [0.25, 0.3) is 10.9 Å². The molecule has 3 rings (SSSR count). The maximum atomic E-state index is 4.21. The van der Waals surface area contributed by atoms with Crippen molar-refractivity contribution < 1.29 is 0 Å². The first-order valence-corrected chi connectivity index (χ1v) is 6.42. The van der Waals surface area contributed by atoms with Gasteiger partial charge in [0.2, 0.25) is 0 Å². The molecule has 1 aromatic carbocycles. The number of nitrogens with zero attached hydrogens (tertiary/aromatic N) is 2. The summed E-state index contributed by atoms with van der Waals surface area (Å²) in [7, 11) is 0. The average molecular weight is 239 g/mol. The summed E-state index contributed by atoms with van der Waals surface area (Å²) in [6.45, 7) is 3.16. The summed E-state index contributed by atoms with van der Waals surface area (Å²) in [4.78, 5) is 7.53. The lowest BCUT2D eigenvalue weighted by Gasteiger charge is -2.05. The molecule has 0 bridgehead atoms. The van der Waals surface area contributed by atoms with E-state index in [1.165, 1.54) is 22.2 Å². The van der Waals surface area contributed by atoms with E-state index in [2.05, 4.69) is 51.9 Å². The van der Waals surface area contributed by atoms with E-state index in [1.807, 2.05) is 12.5 Å². The van der Waals surface area contributed by atoms with Crippen molar-refractivity contribution in [3.63, 3.8) is 0 Å². The number of para-hydroxylation sites is 1. The van der Waals surface area contributed by atoms with Crippen LogP contribution in [0, 0.1) is 0 Å². The number of imidazole rings is 1. The summed E-state index contributed by atoms with van der Waals surface area (Å²) in [5.41, 5.74) is 3.89. The summed E-state index contributed by atoms with van der Waals surface area (Å²) < 4.78 is 2.24. The fourth-order valence-corrected chi connectivity index (χ4v) is 2.42. The highest BCUT2D eigenvalue weighted by molar-refractivity contribution is 5.82. The standard InChI is InChI=1S/C15H17N3/c1-2-13-10-16-11-18(13)8-7-12-9-17-15-6-4-3-5-14(12)15/h3-6,9-11,17H,2,7-8H2,1H3.